The Morgan fingerprint density at radius 1 is 0.596 bits per heavy atom. The molecule has 0 saturated heterocycles. The number of hydrogen-bond donors (Lipinski definition) is 1. The third-order valence-electron chi connectivity index (χ3n) is 8.67. The van der Waals surface area contributed by atoms with E-state index in [0.717, 1.165) is 44.9 Å². The number of ether oxygens (including phenoxy) is 2. The van der Waals surface area contributed by atoms with Gasteiger partial charge in [0.25, 0.3) is 0 Å². The fraction of sp³-hybridized carbons (Fsp3) is 0.810. The molecule has 0 aromatic rings. The van der Waals surface area contributed by atoms with Crippen LogP contribution in [0.25, 0.3) is 0 Å². The monoisotopic (exact) mass is 757 g/mol. The standard InChI is InChI=1S/C42H78NO8P/c1-6-8-10-12-14-16-18-19-20-21-22-23-25-27-29-31-33-35-42(45)51-40(39-50-52(46,47)49-37-36-43(3,4)5)38-48-41(44)34-32-30-28-26-24-17-15-13-11-9-7-2/h19-20,22-23,27,29,40H,6-18,21,24-26,28,30-39H2,1-5H3/p+1/b20-19-,23-22-,29-27-/t40-/m1/s1. The van der Waals surface area contributed by atoms with Crippen molar-refractivity contribution in [3.05, 3.63) is 36.5 Å². The molecule has 0 aliphatic rings. The molecule has 0 radical (unpaired) electrons. The lowest BCUT2D eigenvalue weighted by atomic mass is 10.1. The van der Waals surface area contributed by atoms with E-state index in [4.69, 9.17) is 18.5 Å². The van der Waals surface area contributed by atoms with Crippen molar-refractivity contribution in [1.82, 2.24) is 0 Å². The number of likely N-dealkylation sites (N-methyl/N-ethyl adjacent to an activating group) is 1. The summed E-state index contributed by atoms with van der Waals surface area (Å²) in [5, 5.41) is 0. The largest absolute Gasteiger partial charge is 0.472 e. The van der Waals surface area contributed by atoms with Gasteiger partial charge in [-0.15, -0.1) is 0 Å². The first kappa shape index (κ1) is 50.2. The molecule has 0 fully saturated rings. The summed E-state index contributed by atoms with van der Waals surface area (Å²) in [4.78, 5) is 35.2. The van der Waals surface area contributed by atoms with Crippen LogP contribution in [0.4, 0.5) is 0 Å². The van der Waals surface area contributed by atoms with E-state index >= 15 is 0 Å². The van der Waals surface area contributed by atoms with Gasteiger partial charge in [0.05, 0.1) is 27.7 Å². The molecule has 0 aromatic carbocycles. The SMILES string of the molecule is CCCCCCCC/C=C\C/C=C\C/C=C\CCCC(=O)O[C@H](COC(=O)CCCCCCCCCCCCC)COP(=O)(O)OCC[N+](C)(C)C. The summed E-state index contributed by atoms with van der Waals surface area (Å²) in [6.07, 6.45) is 37.7. The number of phosphoric acid groups is 1. The molecule has 52 heavy (non-hydrogen) atoms. The highest BCUT2D eigenvalue weighted by Gasteiger charge is 2.27. The van der Waals surface area contributed by atoms with E-state index in [1.165, 1.54) is 89.9 Å². The topological polar surface area (TPSA) is 108 Å². The van der Waals surface area contributed by atoms with Crippen molar-refractivity contribution < 1.29 is 42.1 Å². The molecule has 304 valence electrons. The summed E-state index contributed by atoms with van der Waals surface area (Å²) >= 11 is 0. The zero-order valence-electron chi connectivity index (χ0n) is 34.0. The quantitative estimate of drug-likeness (QED) is 0.0219. The number of esters is 2. The minimum atomic E-state index is -4.38. The third kappa shape index (κ3) is 38.0. The number of quaternary nitrogens is 1. The predicted molar refractivity (Wildman–Crippen MR) is 215 cm³/mol. The lowest BCUT2D eigenvalue weighted by molar-refractivity contribution is -0.870. The van der Waals surface area contributed by atoms with Gasteiger partial charge in [0.1, 0.15) is 19.8 Å². The fourth-order valence-corrected chi connectivity index (χ4v) is 6.12. The van der Waals surface area contributed by atoms with Crippen LogP contribution in [0.15, 0.2) is 36.5 Å². The summed E-state index contributed by atoms with van der Waals surface area (Å²) < 4.78 is 34.1. The second-order valence-corrected chi connectivity index (χ2v) is 16.5. The first-order valence-corrected chi connectivity index (χ1v) is 22.2. The maximum absolute atomic E-state index is 12.6. The Balaban J connectivity index is 4.48. The van der Waals surface area contributed by atoms with E-state index in [9.17, 15) is 19.0 Å². The van der Waals surface area contributed by atoms with Gasteiger partial charge in [-0.05, 0) is 44.9 Å². The summed E-state index contributed by atoms with van der Waals surface area (Å²) in [5.41, 5.74) is 0. The van der Waals surface area contributed by atoms with Crippen LogP contribution >= 0.6 is 7.82 Å². The summed E-state index contributed by atoms with van der Waals surface area (Å²) in [7, 11) is 1.45. The number of nitrogens with zero attached hydrogens (tertiary/aromatic N) is 1. The van der Waals surface area contributed by atoms with Crippen LogP contribution in [0.1, 0.15) is 168 Å². The Hall–Kier alpha value is -1.77. The predicted octanol–water partition coefficient (Wildman–Crippen LogP) is 11.4. The van der Waals surface area contributed by atoms with Gasteiger partial charge in [-0.3, -0.25) is 18.6 Å². The first-order chi connectivity index (χ1) is 25.0. The molecular weight excluding hydrogens is 677 g/mol. The maximum Gasteiger partial charge on any atom is 0.472 e. The van der Waals surface area contributed by atoms with Crippen molar-refractivity contribution >= 4 is 19.8 Å². The maximum atomic E-state index is 12.6. The Morgan fingerprint density at radius 3 is 1.60 bits per heavy atom. The highest BCUT2D eigenvalue weighted by atomic mass is 31.2. The Labute approximate surface area is 319 Å². The molecule has 0 saturated carbocycles. The van der Waals surface area contributed by atoms with E-state index < -0.39 is 26.5 Å². The number of allylic oxidation sites excluding steroid dienone is 6. The molecular formula is C42H79NO8P+. The number of unbranched alkanes of at least 4 members (excludes halogenated alkanes) is 17. The van der Waals surface area contributed by atoms with Crippen LogP contribution in [0.5, 0.6) is 0 Å². The van der Waals surface area contributed by atoms with Gasteiger partial charge in [0, 0.05) is 12.8 Å². The summed E-state index contributed by atoms with van der Waals surface area (Å²) in [6, 6.07) is 0. The lowest BCUT2D eigenvalue weighted by Gasteiger charge is -2.24. The fourth-order valence-electron chi connectivity index (χ4n) is 5.38. The highest BCUT2D eigenvalue weighted by Crippen LogP contribution is 2.43. The van der Waals surface area contributed by atoms with Gasteiger partial charge in [0.2, 0.25) is 0 Å². The first-order valence-electron chi connectivity index (χ1n) is 20.7. The van der Waals surface area contributed by atoms with Gasteiger partial charge in [-0.25, -0.2) is 4.57 Å². The van der Waals surface area contributed by atoms with Crippen LogP contribution in [0, 0.1) is 0 Å². The van der Waals surface area contributed by atoms with Crippen molar-refractivity contribution in [3.63, 3.8) is 0 Å². The number of carbonyl (C=O) groups excluding carboxylic acids is 2. The van der Waals surface area contributed by atoms with Crippen molar-refractivity contribution in [3.8, 4) is 0 Å². The van der Waals surface area contributed by atoms with Crippen LogP contribution in [0.2, 0.25) is 0 Å². The minimum absolute atomic E-state index is 0.0232. The highest BCUT2D eigenvalue weighted by molar-refractivity contribution is 7.47. The molecule has 0 amide bonds. The van der Waals surface area contributed by atoms with Gasteiger partial charge >= 0.3 is 19.8 Å². The molecule has 10 heteroatoms. The Bertz CT molecular complexity index is 991. The molecule has 1 N–H and O–H groups in total. The average Bonchev–Trinajstić information content (AvgIpc) is 3.09. The van der Waals surface area contributed by atoms with Crippen LogP contribution in [-0.2, 0) is 32.7 Å². The summed E-state index contributed by atoms with van der Waals surface area (Å²) in [6.45, 7) is 4.34. The molecule has 2 atom stereocenters. The van der Waals surface area contributed by atoms with E-state index in [1.54, 1.807) is 0 Å². The molecule has 9 nitrogen and oxygen atoms in total. The van der Waals surface area contributed by atoms with Gasteiger partial charge in [-0.2, -0.15) is 0 Å². The normalized spacial score (nSPS) is 14.0. The lowest BCUT2D eigenvalue weighted by Crippen LogP contribution is -2.37. The van der Waals surface area contributed by atoms with Crippen LogP contribution < -0.4 is 0 Å². The van der Waals surface area contributed by atoms with E-state index in [0.29, 0.717) is 17.4 Å². The molecule has 0 aromatic heterocycles. The molecule has 0 bridgehead atoms. The van der Waals surface area contributed by atoms with Crippen LogP contribution in [-0.4, -0.2) is 74.9 Å². The second-order valence-electron chi connectivity index (χ2n) is 15.0. The third-order valence-corrected chi connectivity index (χ3v) is 9.66. The zero-order chi connectivity index (χ0) is 38.6. The van der Waals surface area contributed by atoms with E-state index in [1.807, 2.05) is 21.1 Å². The van der Waals surface area contributed by atoms with E-state index in [2.05, 4.69) is 50.3 Å². The van der Waals surface area contributed by atoms with Gasteiger partial charge < -0.3 is 18.9 Å². The van der Waals surface area contributed by atoms with E-state index in [-0.39, 0.29) is 32.0 Å². The Morgan fingerprint density at radius 2 is 1.06 bits per heavy atom. The molecule has 0 spiro atoms. The smallest absolute Gasteiger partial charge is 0.462 e. The molecule has 0 heterocycles. The van der Waals surface area contributed by atoms with Gasteiger partial charge in [-0.1, -0.05) is 147 Å². The Kier molecular flexibility index (Phi) is 33.8. The van der Waals surface area contributed by atoms with Crippen LogP contribution in [0.3, 0.4) is 0 Å². The number of hydrogen-bond acceptors (Lipinski definition) is 7. The van der Waals surface area contributed by atoms with Gasteiger partial charge in [0.15, 0.2) is 6.10 Å². The van der Waals surface area contributed by atoms with Crippen molar-refractivity contribution in [2.75, 3.05) is 47.5 Å². The molecule has 1 unspecified atom stereocenters. The van der Waals surface area contributed by atoms with Crippen molar-refractivity contribution in [1.29, 1.82) is 0 Å². The zero-order valence-corrected chi connectivity index (χ0v) is 34.9. The molecule has 0 rings (SSSR count). The average molecular weight is 757 g/mol. The number of phosphoric ester groups is 1. The molecule has 0 aliphatic carbocycles. The van der Waals surface area contributed by atoms with Crippen molar-refractivity contribution in [2.24, 2.45) is 0 Å². The molecule has 0 aliphatic heterocycles. The van der Waals surface area contributed by atoms with Crippen molar-refractivity contribution in [2.45, 2.75) is 174 Å². The minimum Gasteiger partial charge on any atom is -0.462 e. The number of rotatable bonds is 37. The second kappa shape index (κ2) is 35.0. The summed E-state index contributed by atoms with van der Waals surface area (Å²) in [5.74, 6) is -0.860. The number of carbonyl (C=O) groups is 2.